The Hall–Kier alpha value is -3.32. The SMILES string of the molecule is c1ccc(/C(c2cccs2)=c2\cc/c(=c3\cc/c(=c4\cc/c(=C(\c5ccccc5)c5cccs5)s4)s3)s2)cc1. The maximum atomic E-state index is 2.28. The van der Waals surface area contributed by atoms with Crippen molar-refractivity contribution in [3.63, 3.8) is 0 Å². The Kier molecular flexibility index (Phi) is 7.00. The summed E-state index contributed by atoms with van der Waals surface area (Å²) in [5.41, 5.74) is 5.17. The van der Waals surface area contributed by atoms with E-state index in [1.54, 1.807) is 22.7 Å². The largest absolute Gasteiger partial charge is 0.144 e. The molecule has 0 saturated carbocycles. The molecule has 0 radical (unpaired) electrons. The van der Waals surface area contributed by atoms with Crippen LogP contribution in [-0.4, -0.2) is 0 Å². The quantitative estimate of drug-likeness (QED) is 0.192. The van der Waals surface area contributed by atoms with E-state index in [1.807, 2.05) is 34.0 Å². The third kappa shape index (κ3) is 5.05. The zero-order valence-corrected chi connectivity index (χ0v) is 24.8. The van der Waals surface area contributed by atoms with Crippen LogP contribution in [0.25, 0.3) is 11.1 Å². The summed E-state index contributed by atoms with van der Waals surface area (Å²) in [4.78, 5) is 2.62. The molecule has 0 atom stereocenters. The van der Waals surface area contributed by atoms with Gasteiger partial charge in [0.25, 0.3) is 0 Å². The van der Waals surface area contributed by atoms with Crippen molar-refractivity contribution in [2.24, 2.45) is 0 Å². The first-order valence-electron chi connectivity index (χ1n) is 12.6. The van der Waals surface area contributed by atoms with Crippen LogP contribution in [0.2, 0.25) is 0 Å². The molecule has 188 valence electrons. The van der Waals surface area contributed by atoms with Crippen molar-refractivity contribution < 1.29 is 0 Å². The topological polar surface area (TPSA) is 0 Å². The van der Waals surface area contributed by atoms with Gasteiger partial charge in [0.2, 0.25) is 0 Å². The lowest BCUT2D eigenvalue weighted by Gasteiger charge is -2.04. The minimum Gasteiger partial charge on any atom is -0.144 e. The highest BCUT2D eigenvalue weighted by atomic mass is 32.1. The van der Waals surface area contributed by atoms with Gasteiger partial charge in [0.1, 0.15) is 0 Å². The molecule has 0 saturated heterocycles. The van der Waals surface area contributed by atoms with Gasteiger partial charge in [0.15, 0.2) is 0 Å². The molecule has 0 N–H and O–H groups in total. The normalized spacial score (nSPS) is 14.8. The lowest BCUT2D eigenvalue weighted by atomic mass is 10.1. The predicted octanol–water partition coefficient (Wildman–Crippen LogP) is 9.06. The smallest absolute Gasteiger partial charge is 0.0449 e. The van der Waals surface area contributed by atoms with Crippen molar-refractivity contribution in [1.29, 1.82) is 0 Å². The second-order valence-corrected chi connectivity index (χ2v) is 14.1. The first kappa shape index (κ1) is 24.7. The van der Waals surface area contributed by atoms with E-state index >= 15 is 0 Å². The molecule has 0 aliphatic heterocycles. The van der Waals surface area contributed by atoms with Crippen LogP contribution in [-0.2, 0) is 0 Å². The Morgan fingerprint density at radius 2 is 0.769 bits per heavy atom. The van der Waals surface area contributed by atoms with Gasteiger partial charge in [-0.25, -0.2) is 0 Å². The molecule has 0 aliphatic carbocycles. The maximum absolute atomic E-state index is 2.28. The minimum atomic E-state index is 1.27. The molecule has 5 aromatic heterocycles. The van der Waals surface area contributed by atoms with E-state index < -0.39 is 0 Å². The summed E-state index contributed by atoms with van der Waals surface area (Å²) >= 11 is 9.25. The fourth-order valence-corrected chi connectivity index (χ4v) is 9.78. The zero-order chi connectivity index (χ0) is 26.0. The van der Waals surface area contributed by atoms with Gasteiger partial charge >= 0.3 is 0 Å². The van der Waals surface area contributed by atoms with Crippen LogP contribution >= 0.6 is 56.7 Å². The van der Waals surface area contributed by atoms with Crippen molar-refractivity contribution in [2.75, 3.05) is 0 Å². The van der Waals surface area contributed by atoms with E-state index in [-0.39, 0.29) is 0 Å². The number of rotatable bonds is 4. The zero-order valence-electron chi connectivity index (χ0n) is 20.7. The molecule has 7 aromatic rings. The fourth-order valence-electron chi connectivity index (χ4n) is 4.68. The molecule has 5 heterocycles. The fraction of sp³-hybridized carbons (Fsp3) is 0. The monoisotopic (exact) mass is 590 g/mol. The summed E-state index contributed by atoms with van der Waals surface area (Å²) in [6.45, 7) is 0. The van der Waals surface area contributed by atoms with Gasteiger partial charge in [-0.05, 0) is 70.4 Å². The van der Waals surface area contributed by atoms with E-state index in [4.69, 9.17) is 0 Å². The Balaban J connectivity index is 1.42. The molecule has 0 aliphatic rings. The first-order valence-corrected chi connectivity index (χ1v) is 16.8. The molecule has 0 unspecified atom stereocenters. The molecule has 0 fully saturated rings. The van der Waals surface area contributed by atoms with Crippen LogP contribution in [0.15, 0.2) is 132 Å². The van der Waals surface area contributed by atoms with Gasteiger partial charge in [0, 0.05) is 48.1 Å². The van der Waals surface area contributed by atoms with Crippen molar-refractivity contribution in [1.82, 2.24) is 0 Å². The van der Waals surface area contributed by atoms with Crippen LogP contribution in [0.3, 0.4) is 0 Å². The summed E-state index contributed by atoms with van der Waals surface area (Å²) in [5.74, 6) is 0. The average Bonchev–Trinajstić information content (AvgIpc) is 3.81. The van der Waals surface area contributed by atoms with E-state index in [0.717, 1.165) is 0 Å². The molecule has 7 rings (SSSR count). The Morgan fingerprint density at radius 1 is 0.359 bits per heavy atom. The molecule has 0 amide bonds. The van der Waals surface area contributed by atoms with Crippen LogP contribution in [0.1, 0.15) is 20.9 Å². The predicted molar refractivity (Wildman–Crippen MR) is 172 cm³/mol. The van der Waals surface area contributed by atoms with Gasteiger partial charge in [-0.1, -0.05) is 72.8 Å². The second kappa shape index (κ2) is 11.0. The van der Waals surface area contributed by atoms with Gasteiger partial charge < -0.3 is 0 Å². The van der Waals surface area contributed by atoms with Gasteiger partial charge in [-0.3, -0.25) is 0 Å². The number of hydrogen-bond acceptors (Lipinski definition) is 5. The highest BCUT2D eigenvalue weighted by Gasteiger charge is 2.09. The molecule has 39 heavy (non-hydrogen) atoms. The molecule has 0 nitrogen and oxygen atoms in total. The molecule has 0 spiro atoms. The van der Waals surface area contributed by atoms with Crippen LogP contribution in [0.4, 0.5) is 0 Å². The Bertz CT molecular complexity index is 1990. The molecule has 0 bridgehead atoms. The number of hydrogen-bond donors (Lipinski definition) is 0. The van der Waals surface area contributed by atoms with Crippen molar-refractivity contribution in [3.05, 3.63) is 180 Å². The molecular weight excluding hydrogens is 569 g/mol. The lowest BCUT2D eigenvalue weighted by molar-refractivity contribution is 1.59. The summed E-state index contributed by atoms with van der Waals surface area (Å²) in [6.07, 6.45) is 0. The van der Waals surface area contributed by atoms with E-state index in [1.165, 1.54) is 59.2 Å². The lowest BCUT2D eigenvalue weighted by Crippen LogP contribution is -2.01. The second-order valence-electron chi connectivity index (χ2n) is 8.93. The Morgan fingerprint density at radius 3 is 1.18 bits per heavy atom. The maximum Gasteiger partial charge on any atom is 0.0449 e. The van der Waals surface area contributed by atoms with E-state index in [0.29, 0.717) is 0 Å². The average molecular weight is 591 g/mol. The van der Waals surface area contributed by atoms with Crippen molar-refractivity contribution in [2.45, 2.75) is 0 Å². The highest BCUT2D eigenvalue weighted by molar-refractivity contribution is 7.14. The van der Waals surface area contributed by atoms with E-state index in [9.17, 15) is 0 Å². The standard InChI is InChI=1S/C34H22S5/c1-3-9-23(10-4-1)33(29-13-7-21-35-29)31-19-17-27(38-31)25-15-16-26(37-25)28-18-20-32(39-28)34(30-14-8-22-36-30)24-11-5-2-6-12-24/h1-22H/b27-25-,28-26-,33-31-,34-32-. The van der Waals surface area contributed by atoms with Gasteiger partial charge in [-0.2, -0.15) is 0 Å². The number of thiophene rings is 5. The van der Waals surface area contributed by atoms with Crippen LogP contribution in [0, 0.1) is 18.1 Å². The van der Waals surface area contributed by atoms with Crippen LogP contribution in [0.5, 0.6) is 0 Å². The third-order valence-corrected chi connectivity index (χ3v) is 11.9. The van der Waals surface area contributed by atoms with Crippen LogP contribution < -0.4 is 9.06 Å². The Labute approximate surface area is 246 Å². The van der Waals surface area contributed by atoms with E-state index in [2.05, 4.69) is 132 Å². The van der Waals surface area contributed by atoms with Crippen molar-refractivity contribution in [3.8, 4) is 0 Å². The highest BCUT2D eigenvalue weighted by Crippen LogP contribution is 2.27. The molecule has 5 heteroatoms. The molecule has 2 aromatic carbocycles. The van der Waals surface area contributed by atoms with Gasteiger partial charge in [0.05, 0.1) is 0 Å². The van der Waals surface area contributed by atoms with Crippen molar-refractivity contribution >= 4 is 67.8 Å². The number of benzene rings is 2. The summed E-state index contributed by atoms with van der Waals surface area (Å²) in [7, 11) is 0. The van der Waals surface area contributed by atoms with Gasteiger partial charge in [-0.15, -0.1) is 56.7 Å². The summed E-state index contributed by atoms with van der Waals surface area (Å²) < 4.78 is 7.90. The first-order chi connectivity index (χ1) is 19.3. The minimum absolute atomic E-state index is 1.27. The summed E-state index contributed by atoms with van der Waals surface area (Å²) in [5, 5.41) is 4.32. The summed E-state index contributed by atoms with van der Waals surface area (Å²) in [6, 6.07) is 43.9. The molecular formula is C34H22S5. The third-order valence-electron chi connectivity index (χ3n) is 6.46.